The van der Waals surface area contributed by atoms with Crippen LogP contribution in [0.2, 0.25) is 5.02 Å². The molecule has 2 rings (SSSR count). The average Bonchev–Trinajstić information content (AvgIpc) is 2.43. The Morgan fingerprint density at radius 1 is 1.10 bits per heavy atom. The molecule has 1 N–H and O–H groups in total. The number of halogens is 3. The van der Waals surface area contributed by atoms with Crippen molar-refractivity contribution in [3.8, 4) is 11.5 Å². The number of nitrogens with one attached hydrogen (secondary N) is 1. The standard InChI is InChI=1S/C16H16Br2ClNO/c1-3-20-10(2)13-8-11(17)4-6-15(13)21-16-7-5-12(18)9-14(16)19/h4-10,20H,3H2,1-2H3. The van der Waals surface area contributed by atoms with Crippen LogP contribution < -0.4 is 10.1 Å². The van der Waals surface area contributed by atoms with Crippen molar-refractivity contribution in [3.63, 3.8) is 0 Å². The second-order valence-corrected chi connectivity index (χ2v) is 6.88. The van der Waals surface area contributed by atoms with E-state index in [0.717, 1.165) is 26.8 Å². The molecule has 5 heteroatoms. The molecule has 0 aliphatic carbocycles. The average molecular weight is 434 g/mol. The summed E-state index contributed by atoms with van der Waals surface area (Å²) in [6.07, 6.45) is 0. The van der Waals surface area contributed by atoms with E-state index in [0.29, 0.717) is 10.8 Å². The van der Waals surface area contributed by atoms with Gasteiger partial charge in [0.2, 0.25) is 0 Å². The van der Waals surface area contributed by atoms with Crippen molar-refractivity contribution < 1.29 is 4.74 Å². The van der Waals surface area contributed by atoms with Crippen molar-refractivity contribution in [3.05, 3.63) is 55.9 Å². The number of benzene rings is 2. The van der Waals surface area contributed by atoms with Crippen molar-refractivity contribution in [1.29, 1.82) is 0 Å². The van der Waals surface area contributed by atoms with E-state index in [4.69, 9.17) is 16.3 Å². The largest absolute Gasteiger partial charge is 0.455 e. The summed E-state index contributed by atoms with van der Waals surface area (Å²) in [5.41, 5.74) is 1.09. The second kappa shape index (κ2) is 7.63. The molecule has 0 heterocycles. The molecule has 1 atom stereocenters. The first-order chi connectivity index (χ1) is 10.0. The van der Waals surface area contributed by atoms with E-state index in [1.54, 1.807) is 0 Å². The Kier molecular flexibility index (Phi) is 6.11. The van der Waals surface area contributed by atoms with Crippen molar-refractivity contribution in [2.75, 3.05) is 6.54 Å². The first-order valence-electron chi connectivity index (χ1n) is 6.67. The van der Waals surface area contributed by atoms with E-state index in [9.17, 15) is 0 Å². The molecule has 2 aromatic rings. The van der Waals surface area contributed by atoms with Crippen LogP contribution in [0.4, 0.5) is 0 Å². The molecule has 0 fully saturated rings. The van der Waals surface area contributed by atoms with Gasteiger partial charge in [-0.3, -0.25) is 0 Å². The summed E-state index contributed by atoms with van der Waals surface area (Å²) < 4.78 is 7.96. The van der Waals surface area contributed by atoms with Gasteiger partial charge in [0.1, 0.15) is 11.5 Å². The first kappa shape index (κ1) is 16.8. The highest BCUT2D eigenvalue weighted by atomic mass is 79.9. The summed E-state index contributed by atoms with van der Waals surface area (Å²) in [7, 11) is 0. The molecule has 2 aromatic carbocycles. The fourth-order valence-corrected chi connectivity index (χ4v) is 3.13. The molecule has 112 valence electrons. The van der Waals surface area contributed by atoms with Crippen LogP contribution in [-0.2, 0) is 0 Å². The van der Waals surface area contributed by atoms with Gasteiger partial charge in [0, 0.05) is 20.6 Å². The lowest BCUT2D eigenvalue weighted by molar-refractivity contribution is 0.463. The Balaban J connectivity index is 2.34. The normalized spacial score (nSPS) is 12.2. The van der Waals surface area contributed by atoms with Crippen LogP contribution in [-0.4, -0.2) is 6.54 Å². The minimum atomic E-state index is 0.191. The van der Waals surface area contributed by atoms with Gasteiger partial charge >= 0.3 is 0 Å². The molecule has 0 bridgehead atoms. The molecule has 0 radical (unpaired) electrons. The van der Waals surface area contributed by atoms with Crippen LogP contribution in [0.15, 0.2) is 45.3 Å². The highest BCUT2D eigenvalue weighted by Gasteiger charge is 2.13. The maximum Gasteiger partial charge on any atom is 0.146 e. The number of hydrogen-bond acceptors (Lipinski definition) is 2. The number of rotatable bonds is 5. The molecule has 0 amide bonds. The zero-order valence-corrected chi connectivity index (χ0v) is 15.7. The lowest BCUT2D eigenvalue weighted by Crippen LogP contribution is -2.18. The van der Waals surface area contributed by atoms with Gasteiger partial charge < -0.3 is 10.1 Å². The minimum absolute atomic E-state index is 0.191. The Bertz CT molecular complexity index is 634. The van der Waals surface area contributed by atoms with Gasteiger partial charge in [-0.25, -0.2) is 0 Å². The second-order valence-electron chi connectivity index (χ2n) is 4.64. The lowest BCUT2D eigenvalue weighted by atomic mass is 10.1. The van der Waals surface area contributed by atoms with Gasteiger partial charge in [0.15, 0.2) is 0 Å². The smallest absolute Gasteiger partial charge is 0.146 e. The topological polar surface area (TPSA) is 21.3 Å². The van der Waals surface area contributed by atoms with Crippen molar-refractivity contribution in [1.82, 2.24) is 5.32 Å². The molecular weight excluding hydrogens is 417 g/mol. The van der Waals surface area contributed by atoms with E-state index in [1.807, 2.05) is 30.3 Å². The molecule has 0 aliphatic heterocycles. The highest BCUT2D eigenvalue weighted by molar-refractivity contribution is 9.10. The third-order valence-corrected chi connectivity index (χ3v) is 4.34. The van der Waals surface area contributed by atoms with E-state index in [2.05, 4.69) is 57.1 Å². The Hall–Kier alpha value is -0.550. The number of ether oxygens (including phenoxy) is 1. The van der Waals surface area contributed by atoms with Crippen LogP contribution in [0.5, 0.6) is 11.5 Å². The zero-order valence-electron chi connectivity index (χ0n) is 11.8. The van der Waals surface area contributed by atoms with Crippen LogP contribution in [0.25, 0.3) is 0 Å². The third kappa shape index (κ3) is 4.46. The summed E-state index contributed by atoms with van der Waals surface area (Å²) >= 11 is 13.1. The highest BCUT2D eigenvalue weighted by Crippen LogP contribution is 2.36. The summed E-state index contributed by atoms with van der Waals surface area (Å²) in [6, 6.07) is 11.8. The van der Waals surface area contributed by atoms with Gasteiger partial charge in [-0.2, -0.15) is 0 Å². The third-order valence-electron chi connectivity index (χ3n) is 3.06. The lowest BCUT2D eigenvalue weighted by Gasteiger charge is -2.18. The predicted molar refractivity (Wildman–Crippen MR) is 95.5 cm³/mol. The van der Waals surface area contributed by atoms with Crippen LogP contribution in [0.3, 0.4) is 0 Å². The molecular formula is C16H16Br2ClNO. The van der Waals surface area contributed by atoms with E-state index in [-0.39, 0.29) is 6.04 Å². The number of hydrogen-bond donors (Lipinski definition) is 1. The van der Waals surface area contributed by atoms with E-state index < -0.39 is 0 Å². The fourth-order valence-electron chi connectivity index (χ4n) is 2.04. The summed E-state index contributed by atoms with van der Waals surface area (Å²) in [5, 5.41) is 3.98. The Morgan fingerprint density at radius 2 is 1.71 bits per heavy atom. The van der Waals surface area contributed by atoms with Crippen molar-refractivity contribution in [2.45, 2.75) is 19.9 Å². The predicted octanol–water partition coefficient (Wildman–Crippen LogP) is 6.33. The minimum Gasteiger partial charge on any atom is -0.455 e. The van der Waals surface area contributed by atoms with E-state index >= 15 is 0 Å². The summed E-state index contributed by atoms with van der Waals surface area (Å²) in [6.45, 7) is 5.09. The van der Waals surface area contributed by atoms with Gasteiger partial charge in [0.05, 0.1) is 5.02 Å². The van der Waals surface area contributed by atoms with Crippen LogP contribution in [0.1, 0.15) is 25.5 Å². The van der Waals surface area contributed by atoms with Crippen LogP contribution in [0, 0.1) is 0 Å². The molecule has 1 unspecified atom stereocenters. The molecule has 21 heavy (non-hydrogen) atoms. The summed E-state index contributed by atoms with van der Waals surface area (Å²) in [5.74, 6) is 1.45. The zero-order chi connectivity index (χ0) is 15.4. The van der Waals surface area contributed by atoms with Gasteiger partial charge in [-0.05, 0) is 49.9 Å². The van der Waals surface area contributed by atoms with Gasteiger partial charge in [-0.1, -0.05) is 50.4 Å². The van der Waals surface area contributed by atoms with Crippen molar-refractivity contribution in [2.24, 2.45) is 0 Å². The molecule has 0 saturated carbocycles. The molecule has 2 nitrogen and oxygen atoms in total. The van der Waals surface area contributed by atoms with Crippen molar-refractivity contribution >= 4 is 43.5 Å². The summed E-state index contributed by atoms with van der Waals surface area (Å²) in [4.78, 5) is 0. The van der Waals surface area contributed by atoms with Gasteiger partial charge in [-0.15, -0.1) is 0 Å². The molecule has 0 spiro atoms. The molecule has 0 saturated heterocycles. The monoisotopic (exact) mass is 431 g/mol. The maximum absolute atomic E-state index is 6.22. The molecule has 0 aromatic heterocycles. The fraction of sp³-hybridized carbons (Fsp3) is 0.250. The maximum atomic E-state index is 6.22. The molecule has 0 aliphatic rings. The first-order valence-corrected chi connectivity index (χ1v) is 8.63. The van der Waals surface area contributed by atoms with Gasteiger partial charge in [0.25, 0.3) is 0 Å². The quantitative estimate of drug-likeness (QED) is 0.595. The SMILES string of the molecule is CCNC(C)c1cc(Br)ccc1Oc1ccc(Br)cc1Cl. The Morgan fingerprint density at radius 3 is 2.33 bits per heavy atom. The van der Waals surface area contributed by atoms with E-state index in [1.165, 1.54) is 0 Å². The van der Waals surface area contributed by atoms with Crippen LogP contribution >= 0.6 is 43.5 Å². The Labute approximate surface area is 147 Å².